The van der Waals surface area contributed by atoms with Crippen LogP contribution >= 0.6 is 11.3 Å². The lowest BCUT2D eigenvalue weighted by Gasteiger charge is -2.43. The number of carboxylic acids is 1. The molecule has 2 saturated carbocycles. The van der Waals surface area contributed by atoms with Crippen molar-refractivity contribution in [3.63, 3.8) is 0 Å². The lowest BCUT2D eigenvalue weighted by Crippen LogP contribution is -2.63. The Hall–Kier alpha value is -4.75. The maximum atomic E-state index is 15.4. The first-order chi connectivity index (χ1) is 31.2. The van der Waals surface area contributed by atoms with Crippen LogP contribution in [0.1, 0.15) is 113 Å². The number of carboxylic acid groups (broad SMARTS) is 1. The maximum Gasteiger partial charge on any atom is 0.329 e. The first-order valence-electron chi connectivity index (χ1n) is 23.4. The van der Waals surface area contributed by atoms with Crippen LogP contribution in [0.15, 0.2) is 29.6 Å². The van der Waals surface area contributed by atoms with E-state index in [0.29, 0.717) is 66.0 Å². The number of aromatic nitrogens is 2. The van der Waals surface area contributed by atoms with Gasteiger partial charge in [-0.2, -0.15) is 4.31 Å². The van der Waals surface area contributed by atoms with E-state index in [0.717, 1.165) is 30.8 Å². The van der Waals surface area contributed by atoms with Gasteiger partial charge in [-0.05, 0) is 74.8 Å². The molecule has 0 bridgehead atoms. The Kier molecular flexibility index (Phi) is 14.5. The fourth-order valence-electron chi connectivity index (χ4n) is 9.85. The largest absolute Gasteiger partial charge is 0.497 e. The minimum absolute atomic E-state index is 0.0318. The molecule has 0 radical (unpaired) electrons. The number of amides is 4. The Morgan fingerprint density at radius 3 is 2.39 bits per heavy atom. The molecule has 1 unspecified atom stereocenters. The molecule has 3 aromatic rings. The standard InChI is InChI=1S/C47H68N8O9S2/c1-9-29-24-47(29,42(58)59)53-40(56)36-22-31(64-37-23-34(35-27-65-44(50-35)48-28(2)3)49-33-21-30(63-8)15-16-32(33)37)25-55(36)41(57)39(46(7)17-11-10-12-18-46)52-43(60)51-38(45(4,5)6)26-54-19-13-14-20-66(54,61)62/h15-16,21,23,27-29,31,36,38-39H,9-14,17-20,22,24-26H2,1-8H3,(H,48,50)(H,53,56)(H,58,59)(H2,51,52,60)/t29-,31+,36-,38?,39+,47+/m0/s1. The average molecular weight is 953 g/mol. The number of methoxy groups -OCH3 is 1. The van der Waals surface area contributed by atoms with Gasteiger partial charge in [0.25, 0.3) is 0 Å². The number of hydrogen-bond acceptors (Lipinski definition) is 12. The summed E-state index contributed by atoms with van der Waals surface area (Å²) in [7, 11) is -1.91. The summed E-state index contributed by atoms with van der Waals surface area (Å²) < 4.78 is 39.9. The van der Waals surface area contributed by atoms with Crippen molar-refractivity contribution in [2.45, 2.75) is 148 Å². The number of thiazole rings is 1. The lowest BCUT2D eigenvalue weighted by molar-refractivity contribution is -0.146. The number of hydrogen-bond donors (Lipinski definition) is 5. The van der Waals surface area contributed by atoms with E-state index in [-0.39, 0.29) is 43.6 Å². The SMILES string of the molecule is CC[C@H]1C[C@]1(NC(=O)[C@@H]1C[C@@H](Oc2cc(-c3csc(NC(C)C)n3)nc3cc(OC)ccc23)CN1C(=O)[C@@H](NC(=O)NC(CN1CCCCS1(=O)=O)C(C)(C)C)C1(C)CCCCC1)C(=O)O. The molecule has 5 N–H and O–H groups in total. The van der Waals surface area contributed by atoms with Crippen molar-refractivity contribution in [1.29, 1.82) is 0 Å². The van der Waals surface area contributed by atoms with E-state index in [2.05, 4.69) is 21.3 Å². The summed E-state index contributed by atoms with van der Waals surface area (Å²) >= 11 is 1.46. The number of urea groups is 1. The number of ether oxygens (including phenoxy) is 2. The number of likely N-dealkylation sites (tertiary alicyclic amines) is 1. The Labute approximate surface area is 392 Å². The Morgan fingerprint density at radius 2 is 1.76 bits per heavy atom. The molecule has 2 saturated heterocycles. The molecule has 6 atom stereocenters. The molecule has 362 valence electrons. The van der Waals surface area contributed by atoms with E-state index in [1.807, 2.05) is 59.9 Å². The number of rotatable bonds is 16. The van der Waals surface area contributed by atoms with Gasteiger partial charge in [0.2, 0.25) is 21.8 Å². The highest BCUT2D eigenvalue weighted by Crippen LogP contribution is 2.47. The van der Waals surface area contributed by atoms with E-state index in [9.17, 15) is 27.9 Å². The topological polar surface area (TPSA) is 221 Å². The predicted octanol–water partition coefficient (Wildman–Crippen LogP) is 6.38. The van der Waals surface area contributed by atoms with E-state index >= 15 is 4.79 Å². The summed E-state index contributed by atoms with van der Waals surface area (Å²) in [5.41, 5.74) is -0.918. The zero-order valence-corrected chi connectivity index (χ0v) is 41.2. The van der Waals surface area contributed by atoms with Gasteiger partial charge in [0.15, 0.2) is 5.13 Å². The second-order valence-electron chi connectivity index (χ2n) is 20.3. The molecule has 0 spiro atoms. The number of carbonyl (C=O) groups excluding carboxylic acids is 3. The van der Waals surface area contributed by atoms with Crippen LogP contribution in [0.3, 0.4) is 0 Å². The molecule has 66 heavy (non-hydrogen) atoms. The van der Waals surface area contributed by atoms with Gasteiger partial charge < -0.3 is 40.7 Å². The molecule has 7 rings (SSSR count). The number of anilines is 1. The molecule has 4 amide bonds. The predicted molar refractivity (Wildman–Crippen MR) is 254 cm³/mol. The Bertz CT molecular complexity index is 2400. The van der Waals surface area contributed by atoms with Crippen molar-refractivity contribution in [1.82, 2.24) is 35.1 Å². The zero-order valence-electron chi connectivity index (χ0n) is 39.6. The number of fused-ring (bicyclic) bond motifs is 1. The normalized spacial score (nSPS) is 24.9. The number of aliphatic carboxylic acids is 1. The van der Waals surface area contributed by atoms with Crippen LogP contribution in [-0.4, -0.2) is 125 Å². The molecular formula is C47H68N8O9S2. The second kappa shape index (κ2) is 19.5. The van der Waals surface area contributed by atoms with Crippen molar-refractivity contribution in [3.05, 3.63) is 29.6 Å². The summed E-state index contributed by atoms with van der Waals surface area (Å²) in [5, 5.41) is 25.9. The summed E-state index contributed by atoms with van der Waals surface area (Å²) in [5.74, 6) is -1.35. The van der Waals surface area contributed by atoms with Crippen molar-refractivity contribution >= 4 is 61.2 Å². The first-order valence-corrected chi connectivity index (χ1v) is 25.9. The van der Waals surface area contributed by atoms with Gasteiger partial charge in [-0.15, -0.1) is 11.3 Å². The monoisotopic (exact) mass is 952 g/mol. The highest BCUT2D eigenvalue weighted by molar-refractivity contribution is 7.89. The Balaban J connectivity index is 1.22. The zero-order chi connectivity index (χ0) is 47.8. The highest BCUT2D eigenvalue weighted by atomic mass is 32.2. The van der Waals surface area contributed by atoms with Gasteiger partial charge >= 0.3 is 12.0 Å². The quantitative estimate of drug-likeness (QED) is 0.106. The molecule has 2 aliphatic carbocycles. The molecule has 4 fully saturated rings. The third-order valence-corrected chi connectivity index (χ3v) is 16.7. The molecule has 1 aromatic carbocycles. The molecule has 4 aliphatic rings. The fraction of sp³-hybridized carbons (Fsp3) is 0.660. The van der Waals surface area contributed by atoms with Crippen molar-refractivity contribution < 1.29 is 42.2 Å². The van der Waals surface area contributed by atoms with Gasteiger partial charge in [-0.1, -0.05) is 60.3 Å². The minimum atomic E-state index is -3.49. The molecular weight excluding hydrogens is 885 g/mol. The number of benzene rings is 1. The molecule has 2 aromatic heterocycles. The van der Waals surface area contributed by atoms with E-state index in [4.69, 9.17) is 19.4 Å². The fourth-order valence-corrected chi connectivity index (χ4v) is 12.3. The van der Waals surface area contributed by atoms with E-state index in [1.54, 1.807) is 25.3 Å². The third-order valence-electron chi connectivity index (χ3n) is 14.0. The van der Waals surface area contributed by atoms with Crippen molar-refractivity contribution in [2.75, 3.05) is 37.8 Å². The lowest BCUT2D eigenvalue weighted by atomic mass is 9.70. The summed E-state index contributed by atoms with van der Waals surface area (Å²) in [6.45, 7) is 14.2. The number of carbonyl (C=O) groups is 4. The summed E-state index contributed by atoms with van der Waals surface area (Å²) in [6.07, 6.45) is 5.41. The molecule has 2 aliphatic heterocycles. The van der Waals surface area contributed by atoms with Crippen molar-refractivity contribution in [3.8, 4) is 22.9 Å². The minimum Gasteiger partial charge on any atom is -0.497 e. The number of sulfonamides is 1. The molecule has 19 heteroatoms. The van der Waals surface area contributed by atoms with Crippen LogP contribution in [0.25, 0.3) is 22.3 Å². The number of nitrogens with one attached hydrogen (secondary N) is 4. The van der Waals surface area contributed by atoms with Crippen LogP contribution in [0, 0.1) is 16.7 Å². The summed E-state index contributed by atoms with van der Waals surface area (Å²) in [6, 6.07) is 4.01. The van der Waals surface area contributed by atoms with Gasteiger partial charge in [0.1, 0.15) is 40.9 Å². The van der Waals surface area contributed by atoms with Crippen molar-refractivity contribution in [2.24, 2.45) is 16.7 Å². The average Bonchev–Trinajstić information content (AvgIpc) is 3.52. The van der Waals surface area contributed by atoms with Crippen LogP contribution in [0.2, 0.25) is 0 Å². The smallest absolute Gasteiger partial charge is 0.329 e. The van der Waals surface area contributed by atoms with E-state index < -0.39 is 74.4 Å². The molecule has 4 heterocycles. The Morgan fingerprint density at radius 1 is 1.02 bits per heavy atom. The highest BCUT2D eigenvalue weighted by Gasteiger charge is 2.62. The van der Waals surface area contributed by atoms with Gasteiger partial charge in [-0.3, -0.25) is 9.59 Å². The van der Waals surface area contributed by atoms with Crippen LogP contribution in [0.5, 0.6) is 11.5 Å². The maximum absolute atomic E-state index is 15.4. The van der Waals surface area contributed by atoms with Crippen LogP contribution in [0.4, 0.5) is 9.93 Å². The van der Waals surface area contributed by atoms with Gasteiger partial charge in [0, 0.05) is 54.5 Å². The van der Waals surface area contributed by atoms with Crippen LogP contribution < -0.4 is 30.7 Å². The second-order valence-corrected chi connectivity index (χ2v) is 23.3. The van der Waals surface area contributed by atoms with Gasteiger partial charge in [0.05, 0.1) is 30.6 Å². The van der Waals surface area contributed by atoms with E-state index in [1.165, 1.54) is 20.5 Å². The summed E-state index contributed by atoms with van der Waals surface area (Å²) in [4.78, 5) is 68.1. The number of nitrogens with zero attached hydrogens (tertiary/aromatic N) is 4. The third kappa shape index (κ3) is 10.7. The van der Waals surface area contributed by atoms with Crippen LogP contribution in [-0.2, 0) is 24.4 Å². The molecule has 17 nitrogen and oxygen atoms in total. The van der Waals surface area contributed by atoms with Gasteiger partial charge in [-0.25, -0.2) is 28.0 Å². The first kappa shape index (κ1) is 49.2. The number of pyridine rings is 1.